The highest BCUT2D eigenvalue weighted by molar-refractivity contribution is 5.98. The van der Waals surface area contributed by atoms with E-state index in [9.17, 15) is 9.59 Å². The maximum absolute atomic E-state index is 13.1. The molecular weight excluding hydrogens is 372 g/mol. The number of rotatable bonds is 4. The van der Waals surface area contributed by atoms with Crippen molar-refractivity contribution < 1.29 is 14.3 Å². The molecule has 0 spiro atoms. The third-order valence-corrected chi connectivity index (χ3v) is 5.65. The number of nitrogens with zero attached hydrogens (tertiary/aromatic N) is 6. The Bertz CT molecular complexity index is 890. The highest BCUT2D eigenvalue weighted by atomic mass is 16.5. The Hall–Kier alpha value is -2.94. The van der Waals surface area contributed by atoms with Gasteiger partial charge in [-0.25, -0.2) is 4.98 Å². The second-order valence-corrected chi connectivity index (χ2v) is 7.41. The first-order chi connectivity index (χ1) is 14.1. The van der Waals surface area contributed by atoms with Crippen LogP contribution in [-0.4, -0.2) is 82.3 Å². The molecule has 1 atom stereocenters. The number of carbonyl (C=O) groups excluding carboxylic acids is 2. The van der Waals surface area contributed by atoms with Crippen molar-refractivity contribution in [3.05, 3.63) is 36.3 Å². The van der Waals surface area contributed by atoms with Crippen LogP contribution in [0.4, 0.5) is 5.69 Å². The standard InChI is InChI=1S/C20H26N6O3/c1-23-14-15(13-22-23)26-8-4-6-17(20(26)28)24-9-11-25(12-10-24)19(27)16-5-3-7-21-18(16)29-2/h3,5,7,13-14,17H,4,6,8-12H2,1-2H3. The number of hydrogen-bond acceptors (Lipinski definition) is 6. The fourth-order valence-corrected chi connectivity index (χ4v) is 4.12. The molecule has 2 aromatic heterocycles. The van der Waals surface area contributed by atoms with E-state index < -0.39 is 0 Å². The summed E-state index contributed by atoms with van der Waals surface area (Å²) in [5.74, 6) is 0.383. The van der Waals surface area contributed by atoms with Gasteiger partial charge in [0.15, 0.2) is 0 Å². The average molecular weight is 398 g/mol. The zero-order valence-electron chi connectivity index (χ0n) is 16.8. The largest absolute Gasteiger partial charge is 0.480 e. The highest BCUT2D eigenvalue weighted by Crippen LogP contribution is 2.25. The molecule has 0 aromatic carbocycles. The van der Waals surface area contributed by atoms with Gasteiger partial charge in [0.25, 0.3) is 5.91 Å². The number of piperazine rings is 1. The van der Waals surface area contributed by atoms with Crippen LogP contribution in [0.3, 0.4) is 0 Å². The molecule has 4 rings (SSSR count). The predicted molar refractivity (Wildman–Crippen MR) is 107 cm³/mol. The van der Waals surface area contributed by atoms with Crippen LogP contribution in [0.2, 0.25) is 0 Å². The number of hydrogen-bond donors (Lipinski definition) is 0. The van der Waals surface area contributed by atoms with Crippen molar-refractivity contribution in [2.24, 2.45) is 7.05 Å². The van der Waals surface area contributed by atoms with Gasteiger partial charge < -0.3 is 14.5 Å². The molecule has 0 bridgehead atoms. The van der Waals surface area contributed by atoms with Gasteiger partial charge >= 0.3 is 0 Å². The van der Waals surface area contributed by atoms with Crippen LogP contribution >= 0.6 is 0 Å². The molecule has 2 aliphatic rings. The van der Waals surface area contributed by atoms with E-state index in [1.165, 1.54) is 7.11 Å². The topological polar surface area (TPSA) is 83.8 Å². The molecule has 1 unspecified atom stereocenters. The van der Waals surface area contributed by atoms with Crippen molar-refractivity contribution in [3.8, 4) is 5.88 Å². The maximum Gasteiger partial charge on any atom is 0.259 e. The summed E-state index contributed by atoms with van der Waals surface area (Å²) < 4.78 is 6.93. The number of aromatic nitrogens is 3. The summed E-state index contributed by atoms with van der Waals surface area (Å²) in [5.41, 5.74) is 1.32. The van der Waals surface area contributed by atoms with Crippen molar-refractivity contribution in [2.75, 3.05) is 44.7 Å². The lowest BCUT2D eigenvalue weighted by Gasteiger charge is -2.42. The Kier molecular flexibility index (Phi) is 5.48. The minimum atomic E-state index is -0.144. The third-order valence-electron chi connectivity index (χ3n) is 5.65. The number of aryl methyl sites for hydroxylation is 1. The summed E-state index contributed by atoms with van der Waals surface area (Å²) in [6, 6.07) is 3.32. The molecular formula is C20H26N6O3. The minimum Gasteiger partial charge on any atom is -0.480 e. The van der Waals surface area contributed by atoms with Crippen LogP contribution < -0.4 is 9.64 Å². The van der Waals surface area contributed by atoms with Gasteiger partial charge in [0, 0.05) is 52.2 Å². The summed E-state index contributed by atoms with van der Waals surface area (Å²) >= 11 is 0. The average Bonchev–Trinajstić information content (AvgIpc) is 3.19. The van der Waals surface area contributed by atoms with Crippen LogP contribution in [0.5, 0.6) is 5.88 Å². The van der Waals surface area contributed by atoms with Crippen molar-refractivity contribution in [2.45, 2.75) is 18.9 Å². The zero-order chi connectivity index (χ0) is 20.4. The number of pyridine rings is 1. The smallest absolute Gasteiger partial charge is 0.259 e. The second kappa shape index (κ2) is 8.20. The first-order valence-electron chi connectivity index (χ1n) is 9.91. The van der Waals surface area contributed by atoms with Crippen molar-refractivity contribution in [3.63, 3.8) is 0 Å². The van der Waals surface area contributed by atoms with Gasteiger partial charge in [-0.3, -0.25) is 19.2 Å². The Balaban J connectivity index is 1.40. The fourth-order valence-electron chi connectivity index (χ4n) is 4.12. The Morgan fingerprint density at radius 1 is 1.21 bits per heavy atom. The van der Waals surface area contributed by atoms with Gasteiger partial charge in [0.2, 0.25) is 11.8 Å². The van der Waals surface area contributed by atoms with Gasteiger partial charge in [-0.15, -0.1) is 0 Å². The van der Waals surface area contributed by atoms with E-state index >= 15 is 0 Å². The van der Waals surface area contributed by atoms with Gasteiger partial charge in [-0.2, -0.15) is 5.10 Å². The number of carbonyl (C=O) groups is 2. The Morgan fingerprint density at radius 2 is 2.00 bits per heavy atom. The lowest BCUT2D eigenvalue weighted by Crippen LogP contribution is -2.58. The third kappa shape index (κ3) is 3.82. The zero-order valence-corrected chi connectivity index (χ0v) is 16.8. The number of amides is 2. The van der Waals surface area contributed by atoms with Gasteiger partial charge in [-0.1, -0.05) is 0 Å². The van der Waals surface area contributed by atoms with E-state index in [4.69, 9.17) is 4.74 Å². The van der Waals surface area contributed by atoms with Crippen molar-refractivity contribution in [1.82, 2.24) is 24.6 Å². The van der Waals surface area contributed by atoms with Crippen LogP contribution in [0.1, 0.15) is 23.2 Å². The summed E-state index contributed by atoms with van der Waals surface area (Å²) in [7, 11) is 3.36. The highest BCUT2D eigenvalue weighted by Gasteiger charge is 2.36. The molecule has 0 N–H and O–H groups in total. The summed E-state index contributed by atoms with van der Waals surface area (Å²) in [4.78, 5) is 35.9. The summed E-state index contributed by atoms with van der Waals surface area (Å²) in [6.45, 7) is 3.22. The van der Waals surface area contributed by atoms with Gasteiger partial charge in [-0.05, 0) is 25.0 Å². The molecule has 154 valence electrons. The Labute approximate surface area is 169 Å². The number of methoxy groups -OCH3 is 1. The quantitative estimate of drug-likeness (QED) is 0.757. The monoisotopic (exact) mass is 398 g/mol. The molecule has 0 radical (unpaired) electrons. The fraction of sp³-hybridized carbons (Fsp3) is 0.500. The molecule has 9 heteroatoms. The first kappa shape index (κ1) is 19.4. The van der Waals surface area contributed by atoms with E-state index in [2.05, 4.69) is 15.0 Å². The van der Waals surface area contributed by atoms with Crippen molar-refractivity contribution >= 4 is 17.5 Å². The molecule has 2 saturated heterocycles. The molecule has 4 heterocycles. The van der Waals surface area contributed by atoms with Crippen LogP contribution in [0, 0.1) is 0 Å². The lowest BCUT2D eigenvalue weighted by atomic mass is 10.0. The maximum atomic E-state index is 13.1. The summed E-state index contributed by atoms with van der Waals surface area (Å²) in [6.07, 6.45) is 7.02. The van der Waals surface area contributed by atoms with Gasteiger partial charge in [0.05, 0.1) is 25.0 Å². The minimum absolute atomic E-state index is 0.0819. The normalized spacial score (nSPS) is 20.8. The van der Waals surface area contributed by atoms with Gasteiger partial charge in [0.1, 0.15) is 5.56 Å². The van der Waals surface area contributed by atoms with E-state index in [-0.39, 0.29) is 17.9 Å². The van der Waals surface area contributed by atoms with E-state index in [1.807, 2.05) is 23.0 Å². The van der Waals surface area contributed by atoms with Crippen LogP contribution in [-0.2, 0) is 11.8 Å². The summed E-state index contributed by atoms with van der Waals surface area (Å²) in [5, 5.41) is 4.19. The second-order valence-electron chi connectivity index (χ2n) is 7.41. The number of piperidine rings is 1. The number of anilines is 1. The molecule has 2 amide bonds. The van der Waals surface area contributed by atoms with Crippen LogP contribution in [0.15, 0.2) is 30.7 Å². The van der Waals surface area contributed by atoms with E-state index in [0.717, 1.165) is 25.1 Å². The Morgan fingerprint density at radius 3 is 2.69 bits per heavy atom. The SMILES string of the molecule is COc1ncccc1C(=O)N1CCN(C2CCCN(c3cnn(C)c3)C2=O)CC1. The first-order valence-corrected chi connectivity index (χ1v) is 9.91. The molecule has 0 aliphatic carbocycles. The molecule has 2 aromatic rings. The number of ether oxygens (including phenoxy) is 1. The molecule has 0 saturated carbocycles. The van der Waals surface area contributed by atoms with Crippen molar-refractivity contribution in [1.29, 1.82) is 0 Å². The van der Waals surface area contributed by atoms with E-state index in [0.29, 0.717) is 37.6 Å². The molecule has 9 nitrogen and oxygen atoms in total. The van der Waals surface area contributed by atoms with Crippen LogP contribution in [0.25, 0.3) is 0 Å². The molecule has 2 fully saturated rings. The lowest BCUT2D eigenvalue weighted by molar-refractivity contribution is -0.126. The molecule has 29 heavy (non-hydrogen) atoms. The van der Waals surface area contributed by atoms with E-state index in [1.54, 1.807) is 29.2 Å². The predicted octanol–water partition coefficient (Wildman–Crippen LogP) is 0.777. The molecule has 2 aliphatic heterocycles.